The van der Waals surface area contributed by atoms with E-state index in [0.29, 0.717) is 11.5 Å². The summed E-state index contributed by atoms with van der Waals surface area (Å²) in [7, 11) is 0. The molecule has 1 heterocycles. The average Bonchev–Trinajstić information content (AvgIpc) is 2.69. The van der Waals surface area contributed by atoms with E-state index in [0.717, 1.165) is 16.6 Å². The molecule has 1 aromatic heterocycles. The summed E-state index contributed by atoms with van der Waals surface area (Å²) in [6, 6.07) is 8.70. The standard InChI is InChI=1S/C15H19N3/c1-15(2)9-5-8-14(15)17-13-10-16-18-12-7-4-3-6-11(12)13/h3-4,6-7,10,14H,5,8-9H2,1-2H3,(H,17,18). The third-order valence-electron chi connectivity index (χ3n) is 4.13. The maximum absolute atomic E-state index is 4.16. The number of benzene rings is 1. The van der Waals surface area contributed by atoms with Gasteiger partial charge in [0.15, 0.2) is 0 Å². The highest BCUT2D eigenvalue weighted by molar-refractivity contribution is 5.90. The average molecular weight is 241 g/mol. The van der Waals surface area contributed by atoms with Crippen LogP contribution in [-0.4, -0.2) is 16.2 Å². The predicted octanol–water partition coefficient (Wildman–Crippen LogP) is 3.62. The van der Waals surface area contributed by atoms with Crippen LogP contribution in [-0.2, 0) is 0 Å². The molecule has 0 saturated heterocycles. The first-order valence-electron chi connectivity index (χ1n) is 6.64. The lowest BCUT2D eigenvalue weighted by Crippen LogP contribution is -2.30. The van der Waals surface area contributed by atoms with Gasteiger partial charge in [-0.05, 0) is 24.3 Å². The lowest BCUT2D eigenvalue weighted by atomic mass is 9.87. The Balaban J connectivity index is 1.95. The molecule has 1 N–H and O–H groups in total. The van der Waals surface area contributed by atoms with Gasteiger partial charge in [0.1, 0.15) is 0 Å². The van der Waals surface area contributed by atoms with Crippen LogP contribution in [0.1, 0.15) is 33.1 Å². The summed E-state index contributed by atoms with van der Waals surface area (Å²) in [6.07, 6.45) is 5.68. The van der Waals surface area contributed by atoms with Gasteiger partial charge in [-0.2, -0.15) is 10.2 Å². The van der Waals surface area contributed by atoms with Gasteiger partial charge < -0.3 is 5.32 Å². The molecular formula is C15H19N3. The molecule has 1 unspecified atom stereocenters. The Hall–Kier alpha value is -1.64. The molecule has 0 radical (unpaired) electrons. The minimum Gasteiger partial charge on any atom is -0.380 e. The van der Waals surface area contributed by atoms with Crippen molar-refractivity contribution in [1.29, 1.82) is 0 Å². The van der Waals surface area contributed by atoms with Crippen molar-refractivity contribution >= 4 is 16.6 Å². The van der Waals surface area contributed by atoms with Crippen LogP contribution in [0.25, 0.3) is 10.9 Å². The molecule has 1 atom stereocenters. The second kappa shape index (κ2) is 4.23. The van der Waals surface area contributed by atoms with Crippen molar-refractivity contribution in [2.75, 3.05) is 5.32 Å². The molecule has 1 saturated carbocycles. The number of aromatic nitrogens is 2. The lowest BCUT2D eigenvalue weighted by Gasteiger charge is -2.28. The number of hydrogen-bond donors (Lipinski definition) is 1. The van der Waals surface area contributed by atoms with Crippen molar-refractivity contribution in [3.63, 3.8) is 0 Å². The van der Waals surface area contributed by atoms with Gasteiger partial charge in [-0.1, -0.05) is 38.5 Å². The quantitative estimate of drug-likeness (QED) is 0.872. The Morgan fingerprint density at radius 3 is 2.89 bits per heavy atom. The molecular weight excluding hydrogens is 222 g/mol. The Bertz CT molecular complexity index is 557. The number of nitrogens with zero attached hydrogens (tertiary/aromatic N) is 2. The molecule has 1 aliphatic carbocycles. The van der Waals surface area contributed by atoms with E-state index in [9.17, 15) is 0 Å². The van der Waals surface area contributed by atoms with Gasteiger partial charge >= 0.3 is 0 Å². The summed E-state index contributed by atoms with van der Waals surface area (Å²) in [5.74, 6) is 0. The molecule has 1 fully saturated rings. The molecule has 1 aliphatic rings. The monoisotopic (exact) mass is 241 g/mol. The first kappa shape index (κ1) is 11.5. The Labute approximate surface area is 108 Å². The summed E-state index contributed by atoms with van der Waals surface area (Å²) in [6.45, 7) is 4.68. The highest BCUT2D eigenvalue weighted by atomic mass is 15.1. The molecule has 1 aromatic carbocycles. The van der Waals surface area contributed by atoms with E-state index in [-0.39, 0.29) is 0 Å². The fourth-order valence-electron chi connectivity index (χ4n) is 2.90. The van der Waals surface area contributed by atoms with Gasteiger partial charge in [-0.25, -0.2) is 0 Å². The van der Waals surface area contributed by atoms with Gasteiger partial charge in [-0.3, -0.25) is 0 Å². The zero-order valence-electron chi connectivity index (χ0n) is 11.0. The molecule has 3 nitrogen and oxygen atoms in total. The van der Waals surface area contributed by atoms with Crippen LogP contribution in [0.2, 0.25) is 0 Å². The topological polar surface area (TPSA) is 37.8 Å². The van der Waals surface area contributed by atoms with E-state index in [2.05, 4.69) is 41.5 Å². The second-order valence-corrected chi connectivity index (χ2v) is 5.85. The molecule has 94 valence electrons. The van der Waals surface area contributed by atoms with Crippen LogP contribution in [0.4, 0.5) is 5.69 Å². The first-order valence-corrected chi connectivity index (χ1v) is 6.64. The maximum Gasteiger partial charge on any atom is 0.0950 e. The normalized spacial score (nSPS) is 22.2. The Morgan fingerprint density at radius 2 is 2.11 bits per heavy atom. The number of hydrogen-bond acceptors (Lipinski definition) is 3. The summed E-state index contributed by atoms with van der Waals surface area (Å²) in [4.78, 5) is 0. The van der Waals surface area contributed by atoms with Crippen molar-refractivity contribution in [2.24, 2.45) is 5.41 Å². The molecule has 2 aromatic rings. The molecule has 0 bridgehead atoms. The Morgan fingerprint density at radius 1 is 1.28 bits per heavy atom. The second-order valence-electron chi connectivity index (χ2n) is 5.85. The molecule has 3 rings (SSSR count). The zero-order chi connectivity index (χ0) is 12.6. The van der Waals surface area contributed by atoms with E-state index in [1.165, 1.54) is 19.3 Å². The number of rotatable bonds is 2. The minimum atomic E-state index is 0.365. The van der Waals surface area contributed by atoms with Crippen LogP contribution < -0.4 is 5.32 Å². The van der Waals surface area contributed by atoms with Crippen molar-refractivity contribution in [1.82, 2.24) is 10.2 Å². The van der Waals surface area contributed by atoms with E-state index in [1.54, 1.807) is 0 Å². The zero-order valence-corrected chi connectivity index (χ0v) is 11.0. The van der Waals surface area contributed by atoms with E-state index < -0.39 is 0 Å². The van der Waals surface area contributed by atoms with Gasteiger partial charge in [0.05, 0.1) is 17.4 Å². The van der Waals surface area contributed by atoms with Gasteiger partial charge in [0.25, 0.3) is 0 Å². The maximum atomic E-state index is 4.16. The third-order valence-corrected chi connectivity index (χ3v) is 4.13. The molecule has 0 aliphatic heterocycles. The number of anilines is 1. The lowest BCUT2D eigenvalue weighted by molar-refractivity contribution is 0.350. The number of nitrogens with one attached hydrogen (secondary N) is 1. The third kappa shape index (κ3) is 1.94. The summed E-state index contributed by atoms with van der Waals surface area (Å²) < 4.78 is 0. The van der Waals surface area contributed by atoms with E-state index >= 15 is 0 Å². The van der Waals surface area contributed by atoms with Gasteiger partial charge in [0, 0.05) is 11.4 Å². The van der Waals surface area contributed by atoms with Crippen molar-refractivity contribution in [3.05, 3.63) is 30.5 Å². The van der Waals surface area contributed by atoms with Crippen molar-refractivity contribution in [2.45, 2.75) is 39.2 Å². The highest BCUT2D eigenvalue weighted by Crippen LogP contribution is 2.39. The minimum absolute atomic E-state index is 0.365. The fraction of sp³-hybridized carbons (Fsp3) is 0.467. The molecule has 0 amide bonds. The van der Waals surface area contributed by atoms with Crippen LogP contribution in [0.15, 0.2) is 30.5 Å². The molecule has 0 spiro atoms. The van der Waals surface area contributed by atoms with Crippen molar-refractivity contribution in [3.8, 4) is 0 Å². The van der Waals surface area contributed by atoms with E-state index in [1.807, 2.05) is 18.3 Å². The largest absolute Gasteiger partial charge is 0.380 e. The number of fused-ring (bicyclic) bond motifs is 1. The predicted molar refractivity (Wildman–Crippen MR) is 74.6 cm³/mol. The summed E-state index contributed by atoms with van der Waals surface area (Å²) in [5.41, 5.74) is 2.43. The summed E-state index contributed by atoms with van der Waals surface area (Å²) in [5, 5.41) is 13.1. The van der Waals surface area contributed by atoms with Crippen LogP contribution in [0.5, 0.6) is 0 Å². The smallest absolute Gasteiger partial charge is 0.0950 e. The molecule has 18 heavy (non-hydrogen) atoms. The first-order chi connectivity index (χ1) is 8.67. The van der Waals surface area contributed by atoms with Gasteiger partial charge in [0.2, 0.25) is 0 Å². The van der Waals surface area contributed by atoms with Crippen LogP contribution in [0, 0.1) is 5.41 Å². The van der Waals surface area contributed by atoms with Gasteiger partial charge in [-0.15, -0.1) is 0 Å². The fourth-order valence-corrected chi connectivity index (χ4v) is 2.90. The highest BCUT2D eigenvalue weighted by Gasteiger charge is 2.34. The van der Waals surface area contributed by atoms with Crippen LogP contribution in [0.3, 0.4) is 0 Å². The summed E-state index contributed by atoms with van der Waals surface area (Å²) >= 11 is 0. The van der Waals surface area contributed by atoms with Crippen molar-refractivity contribution < 1.29 is 0 Å². The SMILES string of the molecule is CC1(C)CCCC1Nc1cnnc2ccccc12. The Kier molecular flexibility index (Phi) is 2.69. The van der Waals surface area contributed by atoms with Crippen LogP contribution >= 0.6 is 0 Å². The molecule has 3 heteroatoms. The van der Waals surface area contributed by atoms with E-state index in [4.69, 9.17) is 0 Å².